The number of rotatable bonds is 8. The molecular weight excluding hydrogens is 470 g/mol. The molecule has 2 aliphatic rings. The van der Waals surface area contributed by atoms with Crippen LogP contribution in [0, 0.1) is 10.1 Å². The van der Waals surface area contributed by atoms with Crippen molar-refractivity contribution in [2.75, 3.05) is 18.8 Å². The number of hydrogen-bond donors (Lipinski definition) is 1. The lowest BCUT2D eigenvalue weighted by Crippen LogP contribution is -2.52. The molecule has 2 aliphatic heterocycles. The van der Waals surface area contributed by atoms with E-state index in [1.165, 1.54) is 28.8 Å². The van der Waals surface area contributed by atoms with Gasteiger partial charge in [-0.25, -0.2) is 4.79 Å². The molecule has 2 amide bonds. The molecule has 1 N–H and O–H groups in total. The van der Waals surface area contributed by atoms with Crippen LogP contribution in [0.3, 0.4) is 0 Å². The average Bonchev–Trinajstić information content (AvgIpc) is 3.57. The van der Waals surface area contributed by atoms with Crippen molar-refractivity contribution in [1.29, 1.82) is 0 Å². The number of carbonyl (C=O) groups excluding carboxylic acids is 2. The van der Waals surface area contributed by atoms with E-state index in [0.29, 0.717) is 31.7 Å². The zero-order chi connectivity index (χ0) is 24.8. The highest BCUT2D eigenvalue weighted by Gasteiger charge is 2.42. The van der Waals surface area contributed by atoms with Crippen molar-refractivity contribution in [3.8, 4) is 0 Å². The Morgan fingerprint density at radius 2 is 1.74 bits per heavy atom. The second-order valence-electron chi connectivity index (χ2n) is 8.76. The van der Waals surface area contributed by atoms with Gasteiger partial charge in [-0.15, -0.1) is 11.8 Å². The van der Waals surface area contributed by atoms with E-state index in [2.05, 4.69) is 0 Å². The molecule has 4 rings (SSSR count). The number of thioether (sulfide) groups is 1. The number of amides is 2. The Labute approximate surface area is 208 Å². The maximum Gasteiger partial charge on any atom is 0.410 e. The summed E-state index contributed by atoms with van der Waals surface area (Å²) < 4.78 is 5.46. The van der Waals surface area contributed by atoms with Crippen LogP contribution < -0.4 is 0 Å². The molecule has 9 nitrogen and oxygen atoms in total. The summed E-state index contributed by atoms with van der Waals surface area (Å²) >= 11 is 1.40. The summed E-state index contributed by atoms with van der Waals surface area (Å²) in [6.07, 6.45) is 1.56. The normalized spacial score (nSPS) is 20.6. The molecule has 3 atom stereocenters. The number of aliphatic hydroxyl groups excluding tert-OH is 1. The van der Waals surface area contributed by atoms with Crippen LogP contribution in [0.15, 0.2) is 59.5 Å². The maximum absolute atomic E-state index is 13.4. The Kier molecular flexibility index (Phi) is 8.25. The van der Waals surface area contributed by atoms with E-state index in [-0.39, 0.29) is 24.2 Å². The molecule has 2 aromatic rings. The predicted molar refractivity (Wildman–Crippen MR) is 131 cm³/mol. The van der Waals surface area contributed by atoms with Crippen molar-refractivity contribution in [1.82, 2.24) is 9.80 Å². The zero-order valence-corrected chi connectivity index (χ0v) is 20.1. The van der Waals surface area contributed by atoms with Gasteiger partial charge in [-0.2, -0.15) is 0 Å². The standard InChI is InChI=1S/C25H29N3O6S/c29-23(17-35-20-12-10-19(11-13-20)28(32)33)21-8-4-14-26(21)24(30)22-9-5-15-27(22)25(31)34-16-18-6-2-1-3-7-18/h1-3,6-7,10-13,21-23,29H,4-5,8-9,14-17H2/t21-,22-,23?/m0/s1. The van der Waals surface area contributed by atoms with Gasteiger partial charge in [-0.05, 0) is 43.4 Å². The molecule has 0 aromatic heterocycles. The van der Waals surface area contributed by atoms with Crippen molar-refractivity contribution in [2.24, 2.45) is 0 Å². The monoisotopic (exact) mass is 499 g/mol. The van der Waals surface area contributed by atoms with Crippen molar-refractivity contribution in [2.45, 2.75) is 55.4 Å². The Morgan fingerprint density at radius 3 is 2.46 bits per heavy atom. The van der Waals surface area contributed by atoms with Gasteiger partial charge in [0, 0.05) is 35.9 Å². The van der Waals surface area contributed by atoms with Gasteiger partial charge in [0.1, 0.15) is 12.6 Å². The Balaban J connectivity index is 1.33. The minimum atomic E-state index is -0.749. The van der Waals surface area contributed by atoms with Crippen molar-refractivity contribution >= 4 is 29.4 Å². The van der Waals surface area contributed by atoms with Crippen molar-refractivity contribution < 1.29 is 24.4 Å². The number of hydrogen-bond acceptors (Lipinski definition) is 7. The summed E-state index contributed by atoms with van der Waals surface area (Å²) in [7, 11) is 0. The third-order valence-corrected chi connectivity index (χ3v) is 7.59. The number of carbonyl (C=O) groups is 2. The smallest absolute Gasteiger partial charge is 0.410 e. The summed E-state index contributed by atoms with van der Waals surface area (Å²) in [5, 5.41) is 21.7. The first-order valence-electron chi connectivity index (χ1n) is 11.8. The summed E-state index contributed by atoms with van der Waals surface area (Å²) in [5.41, 5.74) is 0.905. The third-order valence-electron chi connectivity index (χ3n) is 6.47. The first-order valence-corrected chi connectivity index (χ1v) is 12.8. The molecule has 2 saturated heterocycles. The molecule has 0 aliphatic carbocycles. The van der Waals surface area contributed by atoms with Gasteiger partial charge >= 0.3 is 6.09 Å². The van der Waals surface area contributed by atoms with Crippen LogP contribution >= 0.6 is 11.8 Å². The van der Waals surface area contributed by atoms with E-state index in [1.54, 1.807) is 17.0 Å². The quantitative estimate of drug-likeness (QED) is 0.333. The molecule has 2 fully saturated rings. The molecule has 0 radical (unpaired) electrons. The third kappa shape index (κ3) is 6.12. The van der Waals surface area contributed by atoms with Crippen LogP contribution in [0.25, 0.3) is 0 Å². The van der Waals surface area contributed by atoms with E-state index < -0.39 is 23.2 Å². The summed E-state index contributed by atoms with van der Waals surface area (Å²) in [5.74, 6) is 0.223. The minimum Gasteiger partial charge on any atom is -0.445 e. The van der Waals surface area contributed by atoms with Gasteiger partial charge in [-0.3, -0.25) is 19.8 Å². The first kappa shape index (κ1) is 25.0. The summed E-state index contributed by atoms with van der Waals surface area (Å²) in [4.78, 5) is 40.6. The number of non-ortho nitro benzene ring substituents is 1. The summed E-state index contributed by atoms with van der Waals surface area (Å²) in [6, 6.07) is 14.7. The number of nitro benzene ring substituents is 1. The zero-order valence-electron chi connectivity index (χ0n) is 19.3. The van der Waals surface area contributed by atoms with Crippen molar-refractivity contribution in [3.05, 3.63) is 70.3 Å². The number of aliphatic hydroxyl groups is 1. The van der Waals surface area contributed by atoms with Gasteiger partial charge in [0.25, 0.3) is 5.69 Å². The van der Waals surface area contributed by atoms with E-state index in [0.717, 1.165) is 23.3 Å². The summed E-state index contributed by atoms with van der Waals surface area (Å²) in [6.45, 7) is 1.18. The fourth-order valence-corrected chi connectivity index (χ4v) is 5.57. The number of nitro groups is 1. The van der Waals surface area contributed by atoms with Gasteiger partial charge < -0.3 is 14.7 Å². The van der Waals surface area contributed by atoms with Gasteiger partial charge in [0.05, 0.1) is 17.1 Å². The minimum absolute atomic E-state index is 0.0193. The van der Waals surface area contributed by atoms with Crippen LogP contribution in [0.2, 0.25) is 0 Å². The van der Waals surface area contributed by atoms with Gasteiger partial charge in [-0.1, -0.05) is 30.3 Å². The van der Waals surface area contributed by atoms with E-state index in [4.69, 9.17) is 4.74 Å². The average molecular weight is 500 g/mol. The molecule has 35 heavy (non-hydrogen) atoms. The second-order valence-corrected chi connectivity index (χ2v) is 9.86. The first-order chi connectivity index (χ1) is 16.9. The molecule has 2 aromatic carbocycles. The molecule has 0 spiro atoms. The fraction of sp³-hybridized carbons (Fsp3) is 0.440. The molecule has 0 bridgehead atoms. The highest BCUT2D eigenvalue weighted by atomic mass is 32.2. The van der Waals surface area contributed by atoms with Crippen LogP contribution in [0.4, 0.5) is 10.5 Å². The maximum atomic E-state index is 13.4. The van der Waals surface area contributed by atoms with E-state index in [9.17, 15) is 24.8 Å². The van der Waals surface area contributed by atoms with Crippen LogP contribution in [-0.4, -0.2) is 68.9 Å². The van der Waals surface area contributed by atoms with Crippen LogP contribution in [0.1, 0.15) is 31.2 Å². The second kappa shape index (κ2) is 11.5. The molecule has 1 unspecified atom stereocenters. The molecule has 0 saturated carbocycles. The van der Waals surface area contributed by atoms with E-state index in [1.807, 2.05) is 30.3 Å². The topological polar surface area (TPSA) is 113 Å². The largest absolute Gasteiger partial charge is 0.445 e. The van der Waals surface area contributed by atoms with Gasteiger partial charge in [0.2, 0.25) is 5.91 Å². The number of ether oxygens (including phenoxy) is 1. The SMILES string of the molecule is O=C(OCc1ccccc1)N1CCC[C@H]1C(=O)N1CCC[C@H]1C(O)CSc1ccc([N+](=O)[O-])cc1. The number of nitrogens with zero attached hydrogens (tertiary/aromatic N) is 3. The number of benzene rings is 2. The lowest BCUT2D eigenvalue weighted by molar-refractivity contribution is -0.384. The predicted octanol–water partition coefficient (Wildman–Crippen LogP) is 3.84. The van der Waals surface area contributed by atoms with Crippen LogP contribution in [0.5, 0.6) is 0 Å². The van der Waals surface area contributed by atoms with Crippen molar-refractivity contribution in [3.63, 3.8) is 0 Å². The molecule has 186 valence electrons. The van der Waals surface area contributed by atoms with Crippen LogP contribution in [-0.2, 0) is 16.1 Å². The van der Waals surface area contributed by atoms with E-state index >= 15 is 0 Å². The lowest BCUT2D eigenvalue weighted by atomic mass is 10.1. The molecule has 2 heterocycles. The van der Waals surface area contributed by atoms with Gasteiger partial charge in [0.15, 0.2) is 0 Å². The Hall–Kier alpha value is -3.11. The Bertz CT molecular complexity index is 1040. The highest BCUT2D eigenvalue weighted by molar-refractivity contribution is 7.99. The highest BCUT2D eigenvalue weighted by Crippen LogP contribution is 2.29. The molecule has 10 heteroatoms. The number of likely N-dealkylation sites (tertiary alicyclic amines) is 2. The Morgan fingerprint density at radius 1 is 1.06 bits per heavy atom. The fourth-order valence-electron chi connectivity index (χ4n) is 4.66. The molecular formula is C25H29N3O6S. The lowest BCUT2D eigenvalue weighted by Gasteiger charge is -2.33.